The highest BCUT2D eigenvalue weighted by Crippen LogP contribution is 2.20. The van der Waals surface area contributed by atoms with E-state index < -0.39 is 0 Å². The molecule has 0 saturated heterocycles. The van der Waals surface area contributed by atoms with Crippen molar-refractivity contribution in [1.29, 1.82) is 0 Å². The van der Waals surface area contributed by atoms with Crippen LogP contribution < -0.4 is 4.74 Å². The molecule has 0 bridgehead atoms. The third-order valence-electron chi connectivity index (χ3n) is 2.68. The van der Waals surface area contributed by atoms with Crippen LogP contribution >= 0.6 is 0 Å². The van der Waals surface area contributed by atoms with Crippen LogP contribution in [0.3, 0.4) is 0 Å². The maximum Gasteiger partial charge on any atom is 0.252 e. The Morgan fingerprint density at radius 1 is 1.11 bits per heavy atom. The highest BCUT2D eigenvalue weighted by atomic mass is 16.5. The van der Waals surface area contributed by atoms with Crippen molar-refractivity contribution in [1.82, 2.24) is 19.6 Å². The molecule has 2 aromatic heterocycles. The molecule has 5 nitrogen and oxygen atoms in total. The van der Waals surface area contributed by atoms with Crippen LogP contribution in [0.25, 0.3) is 5.78 Å². The van der Waals surface area contributed by atoms with Gasteiger partial charge in [0, 0.05) is 6.20 Å². The highest BCUT2D eigenvalue weighted by molar-refractivity contribution is 5.28. The Hall–Kier alpha value is -2.43. The van der Waals surface area contributed by atoms with E-state index in [0.717, 1.165) is 11.4 Å². The first-order chi connectivity index (χ1) is 8.84. The van der Waals surface area contributed by atoms with E-state index in [0.29, 0.717) is 5.78 Å². The number of hydrogen-bond acceptors (Lipinski definition) is 4. The molecule has 3 rings (SSSR count). The number of ether oxygens (including phenoxy) is 1. The highest BCUT2D eigenvalue weighted by Gasteiger charge is 2.12. The molecule has 0 aliphatic carbocycles. The van der Waals surface area contributed by atoms with Crippen LogP contribution in [0, 0.1) is 0 Å². The van der Waals surface area contributed by atoms with Crippen LogP contribution in [0.15, 0.2) is 48.9 Å². The van der Waals surface area contributed by atoms with Gasteiger partial charge in [0.1, 0.15) is 18.2 Å². The van der Waals surface area contributed by atoms with Crippen molar-refractivity contribution >= 4 is 5.78 Å². The predicted molar refractivity (Wildman–Crippen MR) is 66.3 cm³/mol. The van der Waals surface area contributed by atoms with E-state index in [2.05, 4.69) is 15.1 Å². The first-order valence-corrected chi connectivity index (χ1v) is 5.71. The third-order valence-corrected chi connectivity index (χ3v) is 2.68. The molecule has 0 amide bonds. The summed E-state index contributed by atoms with van der Waals surface area (Å²) in [5, 5.41) is 4.14. The van der Waals surface area contributed by atoms with E-state index in [9.17, 15) is 0 Å². The standard InChI is InChI=1S/C13H12N4O/c1-10(18-11-5-3-2-4-6-11)12-7-8-14-13-15-9-16-17(12)13/h2-10H,1H3. The second kappa shape index (κ2) is 4.44. The quantitative estimate of drug-likeness (QED) is 0.704. The summed E-state index contributed by atoms with van der Waals surface area (Å²) >= 11 is 0. The molecule has 1 aromatic carbocycles. The summed E-state index contributed by atoms with van der Waals surface area (Å²) in [6.45, 7) is 1.98. The molecule has 0 fully saturated rings. The van der Waals surface area contributed by atoms with Gasteiger partial charge in [-0.3, -0.25) is 0 Å². The smallest absolute Gasteiger partial charge is 0.252 e. The Morgan fingerprint density at radius 2 is 1.94 bits per heavy atom. The molecular formula is C13H12N4O. The van der Waals surface area contributed by atoms with E-state index in [1.807, 2.05) is 43.3 Å². The van der Waals surface area contributed by atoms with Gasteiger partial charge in [-0.05, 0) is 25.1 Å². The van der Waals surface area contributed by atoms with E-state index >= 15 is 0 Å². The lowest BCUT2D eigenvalue weighted by Gasteiger charge is -2.15. The van der Waals surface area contributed by atoms with Crippen LogP contribution in [-0.4, -0.2) is 19.6 Å². The minimum atomic E-state index is -0.125. The Bertz CT molecular complexity index is 650. The Balaban J connectivity index is 1.92. The maximum atomic E-state index is 5.86. The number of aromatic nitrogens is 4. The number of nitrogens with zero attached hydrogens (tertiary/aromatic N) is 4. The lowest BCUT2D eigenvalue weighted by atomic mass is 10.2. The summed E-state index contributed by atoms with van der Waals surface area (Å²) in [5.41, 5.74) is 0.918. The van der Waals surface area contributed by atoms with E-state index in [-0.39, 0.29) is 6.10 Å². The van der Waals surface area contributed by atoms with Gasteiger partial charge >= 0.3 is 0 Å². The van der Waals surface area contributed by atoms with Gasteiger partial charge in [-0.15, -0.1) is 0 Å². The topological polar surface area (TPSA) is 52.3 Å². The van der Waals surface area contributed by atoms with Gasteiger partial charge in [-0.25, -0.2) is 4.98 Å². The molecule has 3 aromatic rings. The van der Waals surface area contributed by atoms with Crippen molar-refractivity contribution < 1.29 is 4.74 Å². The van der Waals surface area contributed by atoms with Crippen LogP contribution in [0.2, 0.25) is 0 Å². The van der Waals surface area contributed by atoms with Gasteiger partial charge in [0.05, 0.1) is 5.69 Å². The lowest BCUT2D eigenvalue weighted by molar-refractivity contribution is 0.218. The summed E-state index contributed by atoms with van der Waals surface area (Å²) in [6.07, 6.45) is 3.07. The van der Waals surface area contributed by atoms with Crippen molar-refractivity contribution in [3.05, 3.63) is 54.6 Å². The molecule has 0 aliphatic rings. The Labute approximate surface area is 104 Å². The van der Waals surface area contributed by atoms with Gasteiger partial charge in [-0.2, -0.15) is 14.6 Å². The second-order valence-electron chi connectivity index (χ2n) is 3.91. The second-order valence-corrected chi connectivity index (χ2v) is 3.91. The van der Waals surface area contributed by atoms with E-state index in [1.54, 1.807) is 10.7 Å². The number of para-hydroxylation sites is 1. The molecule has 0 radical (unpaired) electrons. The summed E-state index contributed by atoms with van der Waals surface area (Å²) in [5.74, 6) is 1.41. The molecule has 5 heteroatoms. The summed E-state index contributed by atoms with van der Waals surface area (Å²) < 4.78 is 7.55. The van der Waals surface area contributed by atoms with E-state index in [4.69, 9.17) is 4.74 Å². The van der Waals surface area contributed by atoms with Gasteiger partial charge in [0.15, 0.2) is 0 Å². The lowest BCUT2D eigenvalue weighted by Crippen LogP contribution is -2.09. The summed E-state index contributed by atoms with van der Waals surface area (Å²) in [6, 6.07) is 11.6. The molecule has 0 aliphatic heterocycles. The van der Waals surface area contributed by atoms with Crippen molar-refractivity contribution in [2.75, 3.05) is 0 Å². The van der Waals surface area contributed by atoms with Crippen LogP contribution in [0.1, 0.15) is 18.7 Å². The fraction of sp³-hybridized carbons (Fsp3) is 0.154. The van der Waals surface area contributed by atoms with Crippen molar-refractivity contribution in [2.24, 2.45) is 0 Å². The average Bonchev–Trinajstić information content (AvgIpc) is 2.87. The van der Waals surface area contributed by atoms with Crippen molar-refractivity contribution in [3.8, 4) is 5.75 Å². The fourth-order valence-corrected chi connectivity index (χ4v) is 1.83. The molecule has 1 atom stereocenters. The van der Waals surface area contributed by atoms with Crippen molar-refractivity contribution in [3.63, 3.8) is 0 Å². The van der Waals surface area contributed by atoms with Crippen LogP contribution in [0.4, 0.5) is 0 Å². The van der Waals surface area contributed by atoms with E-state index in [1.165, 1.54) is 6.33 Å². The normalized spacial score (nSPS) is 12.5. The van der Waals surface area contributed by atoms with Gasteiger partial charge in [0.2, 0.25) is 0 Å². The molecule has 18 heavy (non-hydrogen) atoms. The number of rotatable bonds is 3. The minimum absolute atomic E-state index is 0.125. The number of benzene rings is 1. The van der Waals surface area contributed by atoms with Crippen LogP contribution in [-0.2, 0) is 0 Å². The molecular weight excluding hydrogens is 228 g/mol. The SMILES string of the molecule is CC(Oc1ccccc1)c1ccnc2ncnn12. The first-order valence-electron chi connectivity index (χ1n) is 5.71. The van der Waals surface area contributed by atoms with Crippen LogP contribution in [0.5, 0.6) is 5.75 Å². The Kier molecular flexibility index (Phi) is 2.64. The molecule has 1 unspecified atom stereocenters. The van der Waals surface area contributed by atoms with Gasteiger partial charge in [0.25, 0.3) is 5.78 Å². The van der Waals surface area contributed by atoms with Gasteiger partial charge < -0.3 is 4.74 Å². The summed E-state index contributed by atoms with van der Waals surface area (Å²) in [4.78, 5) is 8.18. The molecule has 0 spiro atoms. The number of hydrogen-bond donors (Lipinski definition) is 0. The first kappa shape index (κ1) is 10.7. The average molecular weight is 240 g/mol. The number of fused-ring (bicyclic) bond motifs is 1. The zero-order valence-electron chi connectivity index (χ0n) is 9.89. The fourth-order valence-electron chi connectivity index (χ4n) is 1.83. The van der Waals surface area contributed by atoms with Gasteiger partial charge in [-0.1, -0.05) is 18.2 Å². The molecule has 90 valence electrons. The monoisotopic (exact) mass is 240 g/mol. The molecule has 0 N–H and O–H groups in total. The third kappa shape index (κ3) is 1.90. The largest absolute Gasteiger partial charge is 0.484 e. The zero-order valence-corrected chi connectivity index (χ0v) is 9.89. The maximum absolute atomic E-state index is 5.86. The minimum Gasteiger partial charge on any atom is -0.484 e. The summed E-state index contributed by atoms with van der Waals surface area (Å²) in [7, 11) is 0. The zero-order chi connectivity index (χ0) is 12.4. The molecule has 0 saturated carbocycles. The predicted octanol–water partition coefficient (Wildman–Crippen LogP) is 2.26. The Morgan fingerprint density at radius 3 is 2.78 bits per heavy atom. The molecule has 2 heterocycles. The van der Waals surface area contributed by atoms with Crippen molar-refractivity contribution in [2.45, 2.75) is 13.0 Å².